The standard InChI is InChI=1S/C20H16B4O8/c25-21(26)11-1-9-2-12(22(27)28)6-16-18-8-14(24(31)32)4-10-3-13(23(29)30)7-17(20(10)18)15(5-11)19(9)16/h1-8,25-32H. The van der Waals surface area contributed by atoms with E-state index in [4.69, 9.17) is 0 Å². The number of hydrogen-bond donors (Lipinski definition) is 8. The van der Waals surface area contributed by atoms with Gasteiger partial charge in [-0.3, -0.25) is 0 Å². The normalized spacial score (nSPS) is 11.8. The quantitative estimate of drug-likeness (QED) is 0.0831. The Hall–Kier alpha value is -2.66. The molecule has 32 heavy (non-hydrogen) atoms. The number of benzene rings is 5. The summed E-state index contributed by atoms with van der Waals surface area (Å²) in [6.45, 7) is 0. The van der Waals surface area contributed by atoms with Crippen molar-refractivity contribution in [1.82, 2.24) is 0 Å². The van der Waals surface area contributed by atoms with E-state index in [0.29, 0.717) is 43.1 Å². The van der Waals surface area contributed by atoms with Gasteiger partial charge in [0.15, 0.2) is 0 Å². The Kier molecular flexibility index (Phi) is 4.93. The Morgan fingerprint density at radius 3 is 0.750 bits per heavy atom. The van der Waals surface area contributed by atoms with Gasteiger partial charge in [-0.25, -0.2) is 0 Å². The molecule has 8 N–H and O–H groups in total. The van der Waals surface area contributed by atoms with Gasteiger partial charge in [0.25, 0.3) is 0 Å². The molecule has 0 unspecified atom stereocenters. The highest BCUT2D eigenvalue weighted by atomic mass is 16.4. The Morgan fingerprint density at radius 1 is 0.344 bits per heavy atom. The number of rotatable bonds is 4. The predicted molar refractivity (Wildman–Crippen MR) is 127 cm³/mol. The van der Waals surface area contributed by atoms with Crippen LogP contribution in [0.25, 0.3) is 43.1 Å². The fourth-order valence-electron chi connectivity index (χ4n) is 4.57. The van der Waals surface area contributed by atoms with Crippen molar-refractivity contribution in [2.24, 2.45) is 0 Å². The van der Waals surface area contributed by atoms with Crippen LogP contribution in [0.1, 0.15) is 0 Å². The molecule has 0 saturated heterocycles. The molecule has 0 aliphatic heterocycles. The molecule has 0 spiro atoms. The second-order valence-corrected chi connectivity index (χ2v) is 7.96. The molecule has 0 heterocycles. The summed E-state index contributed by atoms with van der Waals surface area (Å²) in [5.41, 5.74) is 0.711. The molecule has 5 rings (SSSR count). The lowest BCUT2D eigenvalue weighted by Crippen LogP contribution is -2.32. The van der Waals surface area contributed by atoms with Crippen molar-refractivity contribution in [3.63, 3.8) is 0 Å². The molecule has 0 radical (unpaired) electrons. The van der Waals surface area contributed by atoms with E-state index >= 15 is 0 Å². The fraction of sp³-hybridized carbons (Fsp3) is 0. The van der Waals surface area contributed by atoms with Crippen LogP contribution in [-0.4, -0.2) is 68.7 Å². The number of fused-ring (bicyclic) bond motifs is 2. The maximum atomic E-state index is 9.82. The molecule has 0 aliphatic rings. The van der Waals surface area contributed by atoms with Crippen molar-refractivity contribution in [1.29, 1.82) is 0 Å². The highest BCUT2D eigenvalue weighted by molar-refractivity contribution is 6.63. The van der Waals surface area contributed by atoms with E-state index in [1.807, 2.05) is 0 Å². The first-order valence-corrected chi connectivity index (χ1v) is 9.84. The zero-order valence-corrected chi connectivity index (χ0v) is 16.5. The van der Waals surface area contributed by atoms with E-state index in [1.165, 1.54) is 24.3 Å². The Morgan fingerprint density at radius 2 is 0.562 bits per heavy atom. The molecule has 0 fully saturated rings. The summed E-state index contributed by atoms with van der Waals surface area (Å²) in [5, 5.41) is 83.3. The van der Waals surface area contributed by atoms with Gasteiger partial charge in [-0.15, -0.1) is 0 Å². The van der Waals surface area contributed by atoms with Crippen LogP contribution in [0.4, 0.5) is 0 Å². The minimum absolute atomic E-state index is 0.178. The molecular weight excluding hydrogens is 411 g/mol. The molecule has 0 bridgehead atoms. The molecular formula is C20H16B4O8. The smallest absolute Gasteiger partial charge is 0.423 e. The van der Waals surface area contributed by atoms with Crippen LogP contribution in [0.15, 0.2) is 48.5 Å². The summed E-state index contributed by atoms with van der Waals surface area (Å²) in [6.07, 6.45) is 0. The lowest BCUT2D eigenvalue weighted by atomic mass is 9.71. The third-order valence-corrected chi connectivity index (χ3v) is 5.96. The summed E-state index contributed by atoms with van der Waals surface area (Å²) in [7, 11) is -7.12. The van der Waals surface area contributed by atoms with Crippen molar-refractivity contribution in [2.45, 2.75) is 0 Å². The van der Waals surface area contributed by atoms with Gasteiger partial charge in [-0.1, -0.05) is 48.5 Å². The van der Waals surface area contributed by atoms with Gasteiger partial charge < -0.3 is 40.2 Å². The zero-order chi connectivity index (χ0) is 22.9. The Balaban J connectivity index is 2.12. The van der Waals surface area contributed by atoms with Gasteiger partial charge in [0.2, 0.25) is 0 Å². The van der Waals surface area contributed by atoms with E-state index in [2.05, 4.69) is 0 Å². The van der Waals surface area contributed by atoms with Gasteiger partial charge in [0, 0.05) is 0 Å². The first-order valence-electron chi connectivity index (χ1n) is 9.84. The lowest BCUT2D eigenvalue weighted by molar-refractivity contribution is 0.424. The first-order chi connectivity index (χ1) is 15.2. The van der Waals surface area contributed by atoms with Crippen LogP contribution in [0, 0.1) is 0 Å². The summed E-state index contributed by atoms with van der Waals surface area (Å²) < 4.78 is 0. The molecule has 5 aromatic carbocycles. The van der Waals surface area contributed by atoms with E-state index in [1.54, 1.807) is 24.3 Å². The molecule has 0 aliphatic carbocycles. The predicted octanol–water partition coefficient (Wildman–Crippen LogP) is -3.54. The van der Waals surface area contributed by atoms with Crippen LogP contribution in [-0.2, 0) is 0 Å². The minimum Gasteiger partial charge on any atom is -0.423 e. The van der Waals surface area contributed by atoms with Crippen molar-refractivity contribution in [3.8, 4) is 0 Å². The van der Waals surface area contributed by atoms with E-state index in [-0.39, 0.29) is 21.9 Å². The third-order valence-electron chi connectivity index (χ3n) is 5.96. The molecule has 5 aromatic rings. The highest BCUT2D eigenvalue weighted by Crippen LogP contribution is 2.38. The summed E-state index contributed by atoms with van der Waals surface area (Å²) in [6, 6.07) is 12.5. The second-order valence-electron chi connectivity index (χ2n) is 7.96. The average Bonchev–Trinajstić information content (AvgIpc) is 2.75. The van der Waals surface area contributed by atoms with Gasteiger partial charge in [0.05, 0.1) is 0 Å². The molecule has 0 amide bonds. The molecule has 8 nitrogen and oxygen atoms in total. The van der Waals surface area contributed by atoms with Crippen LogP contribution in [0.2, 0.25) is 0 Å². The number of hydrogen-bond acceptors (Lipinski definition) is 8. The van der Waals surface area contributed by atoms with Crippen LogP contribution in [0.5, 0.6) is 0 Å². The second kappa shape index (κ2) is 7.45. The third kappa shape index (κ3) is 3.17. The molecule has 12 heteroatoms. The minimum atomic E-state index is -1.78. The maximum Gasteiger partial charge on any atom is 0.488 e. The summed E-state index contributed by atoms with van der Waals surface area (Å²) in [4.78, 5) is 0. The van der Waals surface area contributed by atoms with Gasteiger partial charge in [-0.2, -0.15) is 0 Å². The summed E-state index contributed by atoms with van der Waals surface area (Å²) >= 11 is 0. The maximum absolute atomic E-state index is 9.82. The largest absolute Gasteiger partial charge is 0.488 e. The molecule has 0 aromatic heterocycles. The van der Waals surface area contributed by atoms with Crippen LogP contribution in [0.3, 0.4) is 0 Å². The van der Waals surface area contributed by atoms with Crippen molar-refractivity contribution >= 4 is 93.4 Å². The lowest BCUT2D eigenvalue weighted by Gasteiger charge is -2.19. The fourth-order valence-corrected chi connectivity index (χ4v) is 4.57. The topological polar surface area (TPSA) is 162 Å². The van der Waals surface area contributed by atoms with Gasteiger partial charge >= 0.3 is 28.5 Å². The average molecular weight is 428 g/mol. The van der Waals surface area contributed by atoms with Crippen molar-refractivity contribution in [3.05, 3.63) is 48.5 Å². The summed E-state index contributed by atoms with van der Waals surface area (Å²) in [5.74, 6) is 0. The Bertz CT molecular complexity index is 1280. The van der Waals surface area contributed by atoms with Gasteiger partial charge in [0.1, 0.15) is 0 Å². The van der Waals surface area contributed by atoms with Crippen molar-refractivity contribution in [2.75, 3.05) is 0 Å². The van der Waals surface area contributed by atoms with E-state index in [9.17, 15) is 40.2 Å². The highest BCUT2D eigenvalue weighted by Gasteiger charge is 2.24. The van der Waals surface area contributed by atoms with E-state index < -0.39 is 28.5 Å². The van der Waals surface area contributed by atoms with Crippen LogP contribution < -0.4 is 21.9 Å². The van der Waals surface area contributed by atoms with Crippen molar-refractivity contribution < 1.29 is 40.2 Å². The van der Waals surface area contributed by atoms with E-state index in [0.717, 1.165) is 0 Å². The van der Waals surface area contributed by atoms with Crippen LogP contribution >= 0.6 is 0 Å². The SMILES string of the molecule is OB(O)c1cc2cc(B(O)O)cc3c4cc(B(O)O)cc5cc(B(O)O)cc(c(c1)c23)c54. The van der Waals surface area contributed by atoms with Gasteiger partial charge in [-0.05, 0) is 64.9 Å². The molecule has 156 valence electrons. The monoisotopic (exact) mass is 428 g/mol. The molecule has 0 saturated carbocycles. The molecule has 0 atom stereocenters. The zero-order valence-electron chi connectivity index (χ0n) is 16.5. The first kappa shape index (κ1) is 21.2. The Labute approximate surface area is 182 Å².